The Morgan fingerprint density at radius 2 is 2.11 bits per heavy atom. The highest BCUT2D eigenvalue weighted by Crippen LogP contribution is 2.42. The normalized spacial score (nSPS) is 22.7. The van der Waals surface area contributed by atoms with Crippen molar-refractivity contribution in [2.24, 2.45) is 10.7 Å². The molecule has 1 saturated carbocycles. The van der Waals surface area contributed by atoms with Crippen LogP contribution in [0.3, 0.4) is 0 Å². The molecule has 1 atom stereocenters. The van der Waals surface area contributed by atoms with E-state index >= 15 is 0 Å². The maximum absolute atomic E-state index is 12.4. The van der Waals surface area contributed by atoms with Gasteiger partial charge in [0, 0.05) is 48.2 Å². The number of hydrogen-bond acceptors (Lipinski definition) is 6. The van der Waals surface area contributed by atoms with E-state index in [1.54, 1.807) is 11.1 Å². The number of allylic oxidation sites excluding steroid dienone is 1. The maximum atomic E-state index is 12.4. The zero-order chi connectivity index (χ0) is 19.7. The van der Waals surface area contributed by atoms with Crippen LogP contribution in [0.2, 0.25) is 0 Å². The van der Waals surface area contributed by atoms with E-state index in [9.17, 15) is 4.79 Å². The molecule has 0 bridgehead atoms. The summed E-state index contributed by atoms with van der Waals surface area (Å²) in [6.07, 6.45) is 7.19. The Hall–Kier alpha value is -2.54. The van der Waals surface area contributed by atoms with Crippen LogP contribution >= 0.6 is 0 Å². The summed E-state index contributed by atoms with van der Waals surface area (Å²) >= 11 is 0. The zero-order valence-electron chi connectivity index (χ0n) is 16.5. The van der Waals surface area contributed by atoms with Gasteiger partial charge in [0.2, 0.25) is 0 Å². The molecule has 1 aromatic rings. The van der Waals surface area contributed by atoms with Crippen LogP contribution in [0.4, 0.5) is 10.5 Å². The molecule has 1 saturated heterocycles. The van der Waals surface area contributed by atoms with Gasteiger partial charge in [-0.05, 0) is 44.7 Å². The Bertz CT molecular complexity index is 812. The van der Waals surface area contributed by atoms with Crippen LogP contribution < -0.4 is 20.7 Å². The first-order chi connectivity index (χ1) is 13.6. The van der Waals surface area contributed by atoms with Gasteiger partial charge in [0.15, 0.2) is 0 Å². The van der Waals surface area contributed by atoms with Crippen molar-refractivity contribution in [3.8, 4) is 5.75 Å². The summed E-state index contributed by atoms with van der Waals surface area (Å²) in [7, 11) is 1.42. The van der Waals surface area contributed by atoms with Gasteiger partial charge < -0.3 is 20.5 Å². The molecule has 28 heavy (non-hydrogen) atoms. The standard InChI is InChI=1S/C21H28N4O3/c1-13-3-6-18-19(25(13)21(26)27-2)8-7-17(20(18)28-16-11-23-12-16)14(9-22)10-24-15-4-5-15/h7-10,13,15-16,23H,3-6,11-12,22H2,1-2H3/t13-/m0/s1. The average molecular weight is 384 g/mol. The van der Waals surface area contributed by atoms with Gasteiger partial charge >= 0.3 is 6.09 Å². The summed E-state index contributed by atoms with van der Waals surface area (Å²) in [4.78, 5) is 18.7. The second-order valence-electron chi connectivity index (χ2n) is 7.70. The average Bonchev–Trinajstić information content (AvgIpc) is 3.49. The summed E-state index contributed by atoms with van der Waals surface area (Å²) in [5.41, 5.74) is 9.61. The van der Waals surface area contributed by atoms with E-state index < -0.39 is 0 Å². The first kappa shape index (κ1) is 18.8. The van der Waals surface area contributed by atoms with Crippen LogP contribution in [0.5, 0.6) is 5.75 Å². The first-order valence-electron chi connectivity index (χ1n) is 9.98. The molecule has 0 radical (unpaired) electrons. The number of anilines is 1. The molecule has 2 heterocycles. The third kappa shape index (κ3) is 3.58. The van der Waals surface area contributed by atoms with Crippen molar-refractivity contribution >= 4 is 23.6 Å². The molecule has 1 amide bonds. The molecule has 2 aliphatic heterocycles. The van der Waals surface area contributed by atoms with Gasteiger partial charge in [-0.3, -0.25) is 9.89 Å². The van der Waals surface area contributed by atoms with Crippen molar-refractivity contribution in [2.75, 3.05) is 25.1 Å². The molecule has 0 aromatic heterocycles. The molecule has 4 rings (SSSR count). The fourth-order valence-corrected chi connectivity index (χ4v) is 3.67. The minimum atomic E-state index is -0.345. The summed E-state index contributed by atoms with van der Waals surface area (Å²) in [6, 6.07) is 4.44. The highest BCUT2D eigenvalue weighted by atomic mass is 16.5. The number of aliphatic imine (C=N–C) groups is 1. The summed E-state index contributed by atoms with van der Waals surface area (Å²) < 4.78 is 11.4. The minimum Gasteiger partial charge on any atom is -0.487 e. The van der Waals surface area contributed by atoms with Gasteiger partial charge in [0.05, 0.1) is 18.8 Å². The molecular weight excluding hydrogens is 356 g/mol. The second-order valence-corrected chi connectivity index (χ2v) is 7.70. The third-order valence-corrected chi connectivity index (χ3v) is 5.61. The summed E-state index contributed by atoms with van der Waals surface area (Å²) in [5.74, 6) is 0.809. The minimum absolute atomic E-state index is 0.0740. The number of methoxy groups -OCH3 is 1. The van der Waals surface area contributed by atoms with Gasteiger partial charge in [-0.1, -0.05) is 0 Å². The number of nitrogens with one attached hydrogen (secondary N) is 1. The van der Waals surface area contributed by atoms with Crippen LogP contribution in [0.1, 0.15) is 37.3 Å². The summed E-state index contributed by atoms with van der Waals surface area (Å²) in [6.45, 7) is 3.67. The van der Waals surface area contributed by atoms with E-state index in [-0.39, 0.29) is 18.2 Å². The van der Waals surface area contributed by atoms with Crippen LogP contribution in [0.25, 0.3) is 5.57 Å². The van der Waals surface area contributed by atoms with Gasteiger partial charge in [0.25, 0.3) is 0 Å². The van der Waals surface area contributed by atoms with E-state index in [1.165, 1.54) is 7.11 Å². The largest absolute Gasteiger partial charge is 0.487 e. The van der Waals surface area contributed by atoms with Crippen molar-refractivity contribution < 1.29 is 14.3 Å². The molecular formula is C21H28N4O3. The predicted octanol–water partition coefficient (Wildman–Crippen LogP) is 2.48. The van der Waals surface area contributed by atoms with E-state index in [0.29, 0.717) is 6.04 Å². The molecule has 3 N–H and O–H groups in total. The topological polar surface area (TPSA) is 89.2 Å². The van der Waals surface area contributed by atoms with Gasteiger partial charge in [-0.15, -0.1) is 0 Å². The maximum Gasteiger partial charge on any atom is 0.414 e. The Kier molecular flexibility index (Phi) is 5.26. The van der Waals surface area contributed by atoms with Gasteiger partial charge in [-0.2, -0.15) is 0 Å². The molecule has 2 fully saturated rings. The summed E-state index contributed by atoms with van der Waals surface area (Å²) in [5, 5.41) is 3.24. The molecule has 7 heteroatoms. The molecule has 150 valence electrons. The lowest BCUT2D eigenvalue weighted by atomic mass is 9.92. The van der Waals surface area contributed by atoms with Crippen molar-refractivity contribution in [1.82, 2.24) is 5.32 Å². The first-order valence-corrected chi connectivity index (χ1v) is 9.98. The van der Waals surface area contributed by atoms with E-state index in [4.69, 9.17) is 15.2 Å². The van der Waals surface area contributed by atoms with Crippen molar-refractivity contribution in [3.63, 3.8) is 0 Å². The van der Waals surface area contributed by atoms with Crippen LogP contribution in [-0.2, 0) is 11.2 Å². The highest BCUT2D eigenvalue weighted by molar-refractivity contribution is 6.11. The fraction of sp³-hybridized carbons (Fsp3) is 0.524. The number of nitrogens with two attached hydrogens (primary N) is 1. The monoisotopic (exact) mass is 384 g/mol. The van der Waals surface area contributed by atoms with Gasteiger partial charge in [0.1, 0.15) is 11.9 Å². The van der Waals surface area contributed by atoms with Crippen LogP contribution in [-0.4, -0.2) is 50.7 Å². The molecule has 0 unspecified atom stereocenters. The lowest BCUT2D eigenvalue weighted by molar-refractivity contribution is 0.140. The molecule has 0 spiro atoms. The van der Waals surface area contributed by atoms with E-state index in [1.807, 2.05) is 25.3 Å². The zero-order valence-corrected chi connectivity index (χ0v) is 16.5. The smallest absolute Gasteiger partial charge is 0.414 e. The fourth-order valence-electron chi connectivity index (χ4n) is 3.67. The quantitative estimate of drug-likeness (QED) is 0.762. The van der Waals surface area contributed by atoms with E-state index in [2.05, 4.69) is 10.3 Å². The number of ether oxygens (including phenoxy) is 2. The molecule has 7 nitrogen and oxygen atoms in total. The number of carbonyl (C=O) groups is 1. The van der Waals surface area contributed by atoms with Crippen molar-refractivity contribution in [3.05, 3.63) is 29.5 Å². The number of rotatable bonds is 5. The Morgan fingerprint density at radius 1 is 1.32 bits per heavy atom. The third-order valence-electron chi connectivity index (χ3n) is 5.61. The second kappa shape index (κ2) is 7.83. The SMILES string of the molecule is COC(=O)N1c2ccc(C(C=NC3CC3)=CN)c(OC3CNC3)c2CC[C@@H]1C. The number of benzene rings is 1. The molecule has 1 aromatic carbocycles. The predicted molar refractivity (Wildman–Crippen MR) is 110 cm³/mol. The Balaban J connectivity index is 1.77. The Morgan fingerprint density at radius 3 is 2.71 bits per heavy atom. The number of carbonyl (C=O) groups excluding carboxylic acids is 1. The van der Waals surface area contributed by atoms with Gasteiger partial charge in [-0.25, -0.2) is 4.79 Å². The lowest BCUT2D eigenvalue weighted by Gasteiger charge is -2.37. The van der Waals surface area contributed by atoms with Crippen molar-refractivity contribution in [1.29, 1.82) is 0 Å². The number of nitrogens with zero attached hydrogens (tertiary/aromatic N) is 2. The number of fused-ring (bicyclic) bond motifs is 1. The van der Waals surface area contributed by atoms with Crippen LogP contribution in [0.15, 0.2) is 23.3 Å². The van der Waals surface area contributed by atoms with Crippen molar-refractivity contribution in [2.45, 2.75) is 50.8 Å². The van der Waals surface area contributed by atoms with E-state index in [0.717, 1.165) is 66.9 Å². The lowest BCUT2D eigenvalue weighted by Crippen LogP contribution is -2.50. The number of amides is 1. The Labute approximate surface area is 165 Å². The molecule has 3 aliphatic rings. The number of hydrogen-bond donors (Lipinski definition) is 2. The highest BCUT2D eigenvalue weighted by Gasteiger charge is 2.33. The van der Waals surface area contributed by atoms with Crippen LogP contribution in [0, 0.1) is 0 Å². The molecule has 1 aliphatic carbocycles.